The molecule has 3 aromatic rings. The summed E-state index contributed by atoms with van der Waals surface area (Å²) >= 11 is 5.91. The highest BCUT2D eigenvalue weighted by molar-refractivity contribution is 6.30. The molecule has 2 aromatic carbocycles. The molecule has 1 saturated heterocycles. The van der Waals surface area contributed by atoms with Crippen molar-refractivity contribution < 1.29 is 9.90 Å². The van der Waals surface area contributed by atoms with Crippen molar-refractivity contribution in [3.8, 4) is 5.69 Å². The number of rotatable bonds is 6. The van der Waals surface area contributed by atoms with Crippen molar-refractivity contribution in [2.75, 3.05) is 13.1 Å². The number of benzene rings is 2. The van der Waals surface area contributed by atoms with Gasteiger partial charge in [-0.05, 0) is 48.2 Å². The molecule has 2 N–H and O–H groups in total. The number of likely N-dealkylation sites (tertiary alicyclic amines) is 1. The van der Waals surface area contributed by atoms with Gasteiger partial charge in [0.25, 0.3) is 5.91 Å². The Balaban J connectivity index is 1.29. The number of aliphatic hydroxyl groups excluding tert-OH is 1. The monoisotopic (exact) mass is 424 g/mol. The third kappa shape index (κ3) is 5.27. The van der Waals surface area contributed by atoms with E-state index >= 15 is 0 Å². The van der Waals surface area contributed by atoms with Crippen molar-refractivity contribution in [2.45, 2.75) is 32.0 Å². The van der Waals surface area contributed by atoms with Crippen LogP contribution in [-0.4, -0.2) is 44.9 Å². The SMILES string of the molecule is O=C(NCc1ccc(CN2CCC(O)CC2)cc1)c1cnn(-c2ccc(Cl)cc2)c1. The minimum atomic E-state index is -0.161. The average molecular weight is 425 g/mol. The second-order valence-corrected chi connectivity index (χ2v) is 8.09. The van der Waals surface area contributed by atoms with Gasteiger partial charge in [0.1, 0.15) is 0 Å². The third-order valence-electron chi connectivity index (χ3n) is 5.38. The Labute approximate surface area is 181 Å². The molecular formula is C23H25ClN4O2. The van der Waals surface area contributed by atoms with E-state index in [9.17, 15) is 9.90 Å². The van der Waals surface area contributed by atoms with E-state index in [4.69, 9.17) is 11.6 Å². The highest BCUT2D eigenvalue weighted by Gasteiger charge is 2.16. The fourth-order valence-electron chi connectivity index (χ4n) is 3.56. The van der Waals surface area contributed by atoms with Crippen LogP contribution in [0.1, 0.15) is 34.3 Å². The van der Waals surface area contributed by atoms with Gasteiger partial charge in [-0.2, -0.15) is 5.10 Å². The topological polar surface area (TPSA) is 70.4 Å². The quantitative estimate of drug-likeness (QED) is 0.636. The van der Waals surface area contributed by atoms with Gasteiger partial charge < -0.3 is 10.4 Å². The average Bonchev–Trinajstić information content (AvgIpc) is 3.25. The maximum atomic E-state index is 12.5. The van der Waals surface area contributed by atoms with Crippen LogP contribution in [0.3, 0.4) is 0 Å². The minimum absolute atomic E-state index is 0.148. The van der Waals surface area contributed by atoms with Crippen LogP contribution in [0, 0.1) is 0 Å². The molecule has 1 aromatic heterocycles. The summed E-state index contributed by atoms with van der Waals surface area (Å²) in [6.07, 6.45) is 4.81. The molecule has 6 nitrogen and oxygen atoms in total. The van der Waals surface area contributed by atoms with Crippen LogP contribution in [0.25, 0.3) is 5.69 Å². The van der Waals surface area contributed by atoms with Gasteiger partial charge >= 0.3 is 0 Å². The molecule has 0 spiro atoms. The van der Waals surface area contributed by atoms with Crippen LogP contribution in [0.2, 0.25) is 5.02 Å². The number of aromatic nitrogens is 2. The van der Waals surface area contributed by atoms with Gasteiger partial charge in [0.05, 0.1) is 23.6 Å². The van der Waals surface area contributed by atoms with Crippen molar-refractivity contribution in [3.63, 3.8) is 0 Å². The standard InChI is InChI=1S/C23H25ClN4O2/c24-20-5-7-21(8-6-20)28-16-19(14-26-28)23(30)25-13-17-1-3-18(4-2-17)15-27-11-9-22(29)10-12-27/h1-8,14,16,22,29H,9-13,15H2,(H,25,30). The summed E-state index contributed by atoms with van der Waals surface area (Å²) in [4.78, 5) is 14.8. The lowest BCUT2D eigenvalue weighted by Crippen LogP contribution is -2.35. The Kier molecular flexibility index (Phi) is 6.47. The zero-order chi connectivity index (χ0) is 20.9. The van der Waals surface area contributed by atoms with Gasteiger partial charge in [-0.25, -0.2) is 4.68 Å². The molecule has 156 valence electrons. The second-order valence-electron chi connectivity index (χ2n) is 7.66. The fourth-order valence-corrected chi connectivity index (χ4v) is 3.68. The maximum Gasteiger partial charge on any atom is 0.254 e. The third-order valence-corrected chi connectivity index (χ3v) is 5.63. The molecule has 30 heavy (non-hydrogen) atoms. The van der Waals surface area contributed by atoms with Gasteiger partial charge in [-0.1, -0.05) is 35.9 Å². The minimum Gasteiger partial charge on any atom is -0.393 e. The van der Waals surface area contributed by atoms with Crippen molar-refractivity contribution >= 4 is 17.5 Å². The Bertz CT molecular complexity index is 977. The molecule has 1 aliphatic rings. The first-order chi connectivity index (χ1) is 14.6. The zero-order valence-corrected chi connectivity index (χ0v) is 17.4. The largest absolute Gasteiger partial charge is 0.393 e. The lowest BCUT2D eigenvalue weighted by atomic mass is 10.1. The lowest BCUT2D eigenvalue weighted by Gasteiger charge is -2.29. The van der Waals surface area contributed by atoms with E-state index in [-0.39, 0.29) is 12.0 Å². The van der Waals surface area contributed by atoms with Crippen molar-refractivity contribution in [1.82, 2.24) is 20.0 Å². The summed E-state index contributed by atoms with van der Waals surface area (Å²) in [7, 11) is 0. The molecule has 2 heterocycles. The van der Waals surface area contributed by atoms with Crippen LogP contribution < -0.4 is 5.32 Å². The van der Waals surface area contributed by atoms with Gasteiger partial charge in [0, 0.05) is 37.4 Å². The summed E-state index contributed by atoms with van der Waals surface area (Å²) < 4.78 is 1.65. The molecule has 1 aliphatic heterocycles. The molecule has 0 radical (unpaired) electrons. The Morgan fingerprint density at radius 3 is 2.43 bits per heavy atom. The number of carbonyl (C=O) groups is 1. The molecule has 0 bridgehead atoms. The normalized spacial score (nSPS) is 15.3. The Morgan fingerprint density at radius 1 is 1.07 bits per heavy atom. The summed E-state index contributed by atoms with van der Waals surface area (Å²) in [5.41, 5.74) is 3.64. The molecular weight excluding hydrogens is 400 g/mol. The molecule has 0 unspecified atom stereocenters. The number of halogens is 1. The fraction of sp³-hybridized carbons (Fsp3) is 0.304. The molecule has 0 aliphatic carbocycles. The molecule has 7 heteroatoms. The lowest BCUT2D eigenvalue weighted by molar-refractivity contribution is 0.0792. The van der Waals surface area contributed by atoms with Gasteiger partial charge in [0.15, 0.2) is 0 Å². The number of carbonyl (C=O) groups excluding carboxylic acids is 1. The first kappa shape index (κ1) is 20.6. The van der Waals surface area contributed by atoms with Crippen molar-refractivity contribution in [3.05, 3.63) is 82.6 Å². The number of hydrogen-bond donors (Lipinski definition) is 2. The maximum absolute atomic E-state index is 12.5. The summed E-state index contributed by atoms with van der Waals surface area (Å²) in [6.45, 7) is 3.22. The second kappa shape index (κ2) is 9.43. The van der Waals surface area contributed by atoms with E-state index in [0.29, 0.717) is 17.1 Å². The van der Waals surface area contributed by atoms with E-state index in [1.807, 2.05) is 24.3 Å². The van der Waals surface area contributed by atoms with Gasteiger partial charge in [-0.3, -0.25) is 9.69 Å². The molecule has 1 fully saturated rings. The first-order valence-corrected chi connectivity index (χ1v) is 10.5. The number of piperidine rings is 1. The summed E-state index contributed by atoms with van der Waals surface area (Å²) in [5.74, 6) is -0.161. The van der Waals surface area contributed by atoms with Crippen LogP contribution in [-0.2, 0) is 13.1 Å². The number of hydrogen-bond acceptors (Lipinski definition) is 4. The summed E-state index contributed by atoms with van der Waals surface area (Å²) in [5, 5.41) is 17.5. The van der Waals surface area contributed by atoms with E-state index in [1.54, 1.807) is 29.2 Å². The van der Waals surface area contributed by atoms with Crippen LogP contribution in [0.5, 0.6) is 0 Å². The number of nitrogens with one attached hydrogen (secondary N) is 1. The van der Waals surface area contributed by atoms with Gasteiger partial charge in [0.2, 0.25) is 0 Å². The van der Waals surface area contributed by atoms with Crippen LogP contribution >= 0.6 is 11.6 Å². The highest BCUT2D eigenvalue weighted by Crippen LogP contribution is 2.15. The van der Waals surface area contributed by atoms with E-state index in [1.165, 1.54) is 5.56 Å². The van der Waals surface area contributed by atoms with Crippen molar-refractivity contribution in [1.29, 1.82) is 0 Å². The van der Waals surface area contributed by atoms with E-state index in [0.717, 1.165) is 43.7 Å². The Hall–Kier alpha value is -2.67. The molecule has 4 rings (SSSR count). The highest BCUT2D eigenvalue weighted by atomic mass is 35.5. The molecule has 0 saturated carbocycles. The first-order valence-electron chi connectivity index (χ1n) is 10.1. The number of aliphatic hydroxyl groups is 1. The van der Waals surface area contributed by atoms with Crippen molar-refractivity contribution in [2.24, 2.45) is 0 Å². The smallest absolute Gasteiger partial charge is 0.254 e. The number of amides is 1. The predicted molar refractivity (Wildman–Crippen MR) is 117 cm³/mol. The Morgan fingerprint density at radius 2 is 1.73 bits per heavy atom. The van der Waals surface area contributed by atoms with Gasteiger partial charge in [-0.15, -0.1) is 0 Å². The predicted octanol–water partition coefficient (Wildman–Crippen LogP) is 3.41. The molecule has 0 atom stereocenters. The number of nitrogens with zero attached hydrogens (tertiary/aromatic N) is 3. The zero-order valence-electron chi connectivity index (χ0n) is 16.7. The van der Waals surface area contributed by atoms with Crippen LogP contribution in [0.15, 0.2) is 60.9 Å². The van der Waals surface area contributed by atoms with E-state index in [2.05, 4.69) is 27.4 Å². The molecule has 1 amide bonds. The summed E-state index contributed by atoms with van der Waals surface area (Å²) in [6, 6.07) is 15.6. The van der Waals surface area contributed by atoms with Crippen LogP contribution in [0.4, 0.5) is 0 Å². The van der Waals surface area contributed by atoms with E-state index < -0.39 is 0 Å².